The second-order valence-corrected chi connectivity index (χ2v) is 10.7. The Morgan fingerprint density at radius 1 is 1.00 bits per heavy atom. The lowest BCUT2D eigenvalue weighted by Gasteiger charge is -2.37. The number of nitrogens with zero attached hydrogens (tertiary/aromatic N) is 1. The predicted molar refractivity (Wildman–Crippen MR) is 127 cm³/mol. The number of fused-ring (bicyclic) bond motifs is 1. The van der Waals surface area contributed by atoms with Gasteiger partial charge in [0, 0.05) is 13.1 Å². The van der Waals surface area contributed by atoms with Gasteiger partial charge in [-0.3, -0.25) is 4.90 Å². The number of hydrogen-bond donors (Lipinski definition) is 1. The van der Waals surface area contributed by atoms with Gasteiger partial charge in [-0.25, -0.2) is 4.79 Å². The van der Waals surface area contributed by atoms with Gasteiger partial charge in [-0.2, -0.15) is 0 Å². The highest BCUT2D eigenvalue weighted by atomic mass is 16.7. The van der Waals surface area contributed by atoms with Crippen molar-refractivity contribution in [2.75, 3.05) is 13.1 Å². The molecule has 1 aliphatic carbocycles. The lowest BCUT2D eigenvalue weighted by atomic mass is 9.72. The summed E-state index contributed by atoms with van der Waals surface area (Å²) in [6.45, 7) is 9.50. The zero-order chi connectivity index (χ0) is 22.7. The predicted octanol–water partition coefficient (Wildman–Crippen LogP) is 6.48. The Labute approximate surface area is 191 Å². The normalized spacial score (nSPS) is 24.9. The van der Waals surface area contributed by atoms with Gasteiger partial charge in [-0.05, 0) is 90.9 Å². The van der Waals surface area contributed by atoms with Crippen LogP contribution in [0.4, 0.5) is 4.79 Å². The number of carboxylic acid groups (broad SMARTS) is 1. The first-order valence-corrected chi connectivity index (χ1v) is 12.1. The lowest BCUT2D eigenvalue weighted by Crippen LogP contribution is -2.39. The van der Waals surface area contributed by atoms with Crippen LogP contribution < -0.4 is 4.74 Å². The molecule has 4 rings (SSSR count). The molecule has 32 heavy (non-hydrogen) atoms. The third-order valence-electron chi connectivity index (χ3n) is 7.21. The fourth-order valence-corrected chi connectivity index (χ4v) is 5.34. The number of hydrogen-bond acceptors (Lipinski definition) is 4. The quantitative estimate of drug-likeness (QED) is 0.540. The Morgan fingerprint density at radius 2 is 1.72 bits per heavy atom. The number of rotatable bonds is 5. The van der Waals surface area contributed by atoms with Crippen LogP contribution in [0.2, 0.25) is 0 Å². The minimum Gasteiger partial charge on any atom is -0.490 e. The monoisotopic (exact) mass is 439 g/mol. The first-order chi connectivity index (χ1) is 15.3. The van der Waals surface area contributed by atoms with Crippen molar-refractivity contribution in [1.29, 1.82) is 0 Å². The Kier molecular flexibility index (Phi) is 6.94. The minimum absolute atomic E-state index is 0.222. The van der Waals surface area contributed by atoms with Crippen molar-refractivity contribution in [2.24, 2.45) is 11.3 Å². The molecule has 0 aromatic heterocycles. The van der Waals surface area contributed by atoms with E-state index in [1.165, 1.54) is 29.2 Å². The van der Waals surface area contributed by atoms with Crippen LogP contribution in [0.5, 0.6) is 5.75 Å². The third kappa shape index (κ3) is 5.94. The van der Waals surface area contributed by atoms with Crippen molar-refractivity contribution in [2.45, 2.75) is 78.0 Å². The summed E-state index contributed by atoms with van der Waals surface area (Å²) in [4.78, 5) is 13.1. The Morgan fingerprint density at radius 3 is 2.44 bits per heavy atom. The van der Waals surface area contributed by atoms with Crippen LogP contribution in [0.3, 0.4) is 0 Å². The van der Waals surface area contributed by atoms with Crippen LogP contribution in [-0.4, -0.2) is 41.5 Å². The summed E-state index contributed by atoms with van der Waals surface area (Å²) in [5.74, 6) is 1.76. The van der Waals surface area contributed by atoms with Crippen LogP contribution in [0.15, 0.2) is 36.4 Å². The second kappa shape index (κ2) is 9.70. The molecule has 2 aromatic carbocycles. The fourth-order valence-electron chi connectivity index (χ4n) is 5.34. The van der Waals surface area contributed by atoms with Gasteiger partial charge in [0.25, 0.3) is 0 Å². The van der Waals surface area contributed by atoms with Crippen molar-refractivity contribution in [1.82, 2.24) is 4.90 Å². The third-order valence-corrected chi connectivity index (χ3v) is 7.21. The van der Waals surface area contributed by atoms with E-state index in [0.717, 1.165) is 50.4 Å². The molecule has 2 aliphatic rings. The van der Waals surface area contributed by atoms with E-state index in [0.29, 0.717) is 18.1 Å². The van der Waals surface area contributed by atoms with Gasteiger partial charge in [0.15, 0.2) is 0 Å². The van der Waals surface area contributed by atoms with Crippen molar-refractivity contribution in [3.8, 4) is 5.75 Å². The Bertz CT molecular complexity index is 927. The number of piperidine rings is 1. The van der Waals surface area contributed by atoms with Crippen molar-refractivity contribution >= 4 is 16.9 Å². The van der Waals surface area contributed by atoms with Crippen LogP contribution in [0.25, 0.3) is 10.8 Å². The zero-order valence-corrected chi connectivity index (χ0v) is 19.7. The number of carbonyl (C=O) groups is 1. The highest BCUT2D eigenvalue weighted by Gasteiger charge is 2.30. The van der Waals surface area contributed by atoms with Crippen molar-refractivity contribution < 1.29 is 19.4 Å². The van der Waals surface area contributed by atoms with Gasteiger partial charge in [-0.15, -0.1) is 0 Å². The summed E-state index contributed by atoms with van der Waals surface area (Å²) in [7, 11) is 0. The standard InChI is InChI=1S/C27H37NO4/c1-27(2,3)22-9-12-23(13-10-22)31-24-11-8-20-15-19(6-7-21(20)16-24)17-28-14-4-5-25(18-28)32-26(29)30/h6-8,11,15-16,22-23,25H,4-5,9-10,12-14,17-18H2,1-3H3,(H,29,30)/t22?,23?,25-/m1/s1. The van der Waals surface area contributed by atoms with Gasteiger partial charge in [0.2, 0.25) is 0 Å². The smallest absolute Gasteiger partial charge is 0.490 e. The molecule has 0 spiro atoms. The largest absolute Gasteiger partial charge is 0.506 e. The van der Waals surface area contributed by atoms with Crippen molar-refractivity contribution in [3.63, 3.8) is 0 Å². The van der Waals surface area contributed by atoms with E-state index < -0.39 is 6.16 Å². The number of likely N-dealkylation sites (tertiary alicyclic amines) is 1. The summed E-state index contributed by atoms with van der Waals surface area (Å²) in [6, 6.07) is 13.0. The summed E-state index contributed by atoms with van der Waals surface area (Å²) < 4.78 is 11.3. The molecule has 1 aliphatic heterocycles. The molecule has 1 saturated carbocycles. The number of ether oxygens (including phenoxy) is 2. The SMILES string of the molecule is CC(C)(C)C1CCC(Oc2ccc3cc(CN4CCC[C@@H](OC(=O)O)C4)ccc3c2)CC1. The molecule has 2 fully saturated rings. The summed E-state index contributed by atoms with van der Waals surface area (Å²) in [5.41, 5.74) is 1.63. The molecule has 5 nitrogen and oxygen atoms in total. The first kappa shape index (κ1) is 22.9. The first-order valence-electron chi connectivity index (χ1n) is 12.1. The molecule has 0 radical (unpaired) electrons. The lowest BCUT2D eigenvalue weighted by molar-refractivity contribution is 0.0117. The Hall–Kier alpha value is -2.27. The van der Waals surface area contributed by atoms with E-state index in [4.69, 9.17) is 14.6 Å². The summed E-state index contributed by atoms with van der Waals surface area (Å²) in [5, 5.41) is 11.3. The molecular weight excluding hydrogens is 402 g/mol. The maximum absolute atomic E-state index is 10.8. The average Bonchev–Trinajstić information content (AvgIpc) is 2.73. The molecule has 1 heterocycles. The average molecular weight is 440 g/mol. The van der Waals surface area contributed by atoms with E-state index in [-0.39, 0.29) is 6.10 Å². The molecule has 5 heteroatoms. The van der Waals surface area contributed by atoms with Crippen LogP contribution in [-0.2, 0) is 11.3 Å². The summed E-state index contributed by atoms with van der Waals surface area (Å²) in [6.07, 6.45) is 5.47. The topological polar surface area (TPSA) is 59.0 Å². The van der Waals surface area contributed by atoms with Crippen LogP contribution in [0, 0.1) is 11.3 Å². The van der Waals surface area contributed by atoms with Crippen LogP contribution in [0.1, 0.15) is 64.9 Å². The fraction of sp³-hybridized carbons (Fsp3) is 0.593. The van der Waals surface area contributed by atoms with Gasteiger partial charge in [0.05, 0.1) is 6.10 Å². The van der Waals surface area contributed by atoms with Gasteiger partial charge in [-0.1, -0.05) is 39.0 Å². The maximum Gasteiger partial charge on any atom is 0.506 e. The Balaban J connectivity index is 1.35. The second-order valence-electron chi connectivity index (χ2n) is 10.7. The summed E-state index contributed by atoms with van der Waals surface area (Å²) >= 11 is 0. The van der Waals surface area contributed by atoms with E-state index in [1.54, 1.807) is 0 Å². The minimum atomic E-state index is -1.18. The van der Waals surface area contributed by atoms with E-state index in [9.17, 15) is 4.79 Å². The molecule has 0 amide bonds. The molecule has 1 saturated heterocycles. The van der Waals surface area contributed by atoms with Crippen LogP contribution >= 0.6 is 0 Å². The molecule has 1 atom stereocenters. The van der Waals surface area contributed by atoms with Gasteiger partial charge >= 0.3 is 6.16 Å². The molecular formula is C27H37NO4. The van der Waals surface area contributed by atoms with E-state index in [1.807, 2.05) is 0 Å². The molecule has 0 bridgehead atoms. The molecule has 1 N–H and O–H groups in total. The van der Waals surface area contributed by atoms with Crippen molar-refractivity contribution in [3.05, 3.63) is 42.0 Å². The zero-order valence-electron chi connectivity index (χ0n) is 19.7. The van der Waals surface area contributed by atoms with E-state index in [2.05, 4.69) is 62.1 Å². The molecule has 174 valence electrons. The van der Waals surface area contributed by atoms with Gasteiger partial charge < -0.3 is 14.6 Å². The number of benzene rings is 2. The molecule has 2 aromatic rings. The maximum atomic E-state index is 10.8. The van der Waals surface area contributed by atoms with E-state index >= 15 is 0 Å². The highest BCUT2D eigenvalue weighted by molar-refractivity contribution is 5.84. The highest BCUT2D eigenvalue weighted by Crippen LogP contribution is 2.39. The molecule has 0 unspecified atom stereocenters. The van der Waals surface area contributed by atoms with Gasteiger partial charge in [0.1, 0.15) is 11.9 Å².